The van der Waals surface area contributed by atoms with Crippen LogP contribution >= 0.6 is 0 Å². The van der Waals surface area contributed by atoms with Gasteiger partial charge in [-0.25, -0.2) is 28.2 Å². The van der Waals surface area contributed by atoms with E-state index in [2.05, 4.69) is 25.4 Å². The molecule has 172 valence electrons. The number of aromatic nitrogens is 5. The number of rotatable bonds is 5. The molecule has 0 aliphatic heterocycles. The first-order chi connectivity index (χ1) is 15.5. The number of halogens is 5. The Balaban J connectivity index is 1.75. The molecule has 3 aromatic heterocycles. The average Bonchev–Trinajstić information content (AvgIpc) is 3.07. The zero-order chi connectivity index (χ0) is 23.9. The zero-order valence-electron chi connectivity index (χ0n) is 17.4. The lowest BCUT2D eigenvalue weighted by Crippen LogP contribution is -2.19. The van der Waals surface area contributed by atoms with Crippen LogP contribution in [0.1, 0.15) is 31.1 Å². The number of hydrogen-bond donors (Lipinski definition) is 2. The van der Waals surface area contributed by atoms with Crippen molar-refractivity contribution < 1.29 is 22.0 Å². The van der Waals surface area contributed by atoms with Gasteiger partial charge < -0.3 is 11.1 Å². The molecule has 0 radical (unpaired) electrons. The number of nitrogens with two attached hydrogens (primary N) is 1. The van der Waals surface area contributed by atoms with Gasteiger partial charge in [-0.3, -0.25) is 0 Å². The van der Waals surface area contributed by atoms with Gasteiger partial charge in [-0.15, -0.1) is 5.10 Å². The Labute approximate surface area is 184 Å². The molecule has 3 N–H and O–H groups in total. The number of anilines is 2. The van der Waals surface area contributed by atoms with Crippen LogP contribution in [0.5, 0.6) is 0 Å². The van der Waals surface area contributed by atoms with Gasteiger partial charge in [0.05, 0.1) is 17.3 Å². The largest absolute Gasteiger partial charge is 0.433 e. The highest BCUT2D eigenvalue weighted by atomic mass is 19.4. The van der Waals surface area contributed by atoms with Crippen LogP contribution in [0, 0.1) is 17.6 Å². The number of nitrogen functional groups attached to an aromatic ring is 1. The summed E-state index contributed by atoms with van der Waals surface area (Å²) < 4.78 is 68.3. The Kier molecular flexibility index (Phi) is 5.60. The fourth-order valence-corrected chi connectivity index (χ4v) is 3.44. The van der Waals surface area contributed by atoms with E-state index in [9.17, 15) is 22.0 Å². The fourth-order valence-electron chi connectivity index (χ4n) is 3.44. The Morgan fingerprint density at radius 2 is 1.82 bits per heavy atom. The van der Waals surface area contributed by atoms with Crippen LogP contribution < -0.4 is 11.1 Å². The normalized spacial score (nSPS) is 13.0. The molecule has 0 fully saturated rings. The number of benzene rings is 1. The molecule has 3 heterocycles. The first-order valence-electron chi connectivity index (χ1n) is 9.80. The Hall–Kier alpha value is -3.83. The van der Waals surface area contributed by atoms with Crippen LogP contribution in [0.25, 0.3) is 16.9 Å². The molecule has 0 amide bonds. The SMILES string of the molecule is CC(C)[C@H](Nc1cc(-c2c(N)nn3ccc(C(F)(F)F)nc23)ncn1)c1ccc(F)cc1F. The lowest BCUT2D eigenvalue weighted by atomic mass is 9.95. The van der Waals surface area contributed by atoms with Gasteiger partial charge in [-0.1, -0.05) is 19.9 Å². The second-order valence-electron chi connectivity index (χ2n) is 7.66. The lowest BCUT2D eigenvalue weighted by molar-refractivity contribution is -0.141. The number of nitrogens with zero attached hydrogens (tertiary/aromatic N) is 5. The van der Waals surface area contributed by atoms with Crippen molar-refractivity contribution in [3.63, 3.8) is 0 Å². The van der Waals surface area contributed by atoms with Gasteiger partial charge >= 0.3 is 6.18 Å². The smallest absolute Gasteiger partial charge is 0.382 e. The van der Waals surface area contributed by atoms with Crippen molar-refractivity contribution in [1.29, 1.82) is 0 Å². The van der Waals surface area contributed by atoms with Gasteiger partial charge in [0.15, 0.2) is 11.5 Å². The minimum absolute atomic E-state index is 0.0727. The van der Waals surface area contributed by atoms with Crippen molar-refractivity contribution in [1.82, 2.24) is 24.6 Å². The van der Waals surface area contributed by atoms with Crippen molar-refractivity contribution in [2.75, 3.05) is 11.1 Å². The standard InChI is InChI=1S/C21H18F5N7/c1-10(2)18(12-4-3-11(22)7-13(12)23)31-16-8-14(28-9-29-16)17-19(27)32-33-6-5-15(21(24,25)26)30-20(17)33/h3-10,18H,1-2H3,(H2,27,32)(H,28,29,31)/t18-/m0/s1. The number of alkyl halides is 3. The van der Waals surface area contributed by atoms with Gasteiger partial charge in [0, 0.05) is 23.9 Å². The lowest BCUT2D eigenvalue weighted by Gasteiger charge is -2.24. The third-order valence-corrected chi connectivity index (χ3v) is 4.99. The van der Waals surface area contributed by atoms with Gasteiger partial charge in [0.2, 0.25) is 0 Å². The number of hydrogen-bond acceptors (Lipinski definition) is 6. The number of nitrogens with one attached hydrogen (secondary N) is 1. The molecular weight excluding hydrogens is 445 g/mol. The first kappa shape index (κ1) is 22.4. The molecule has 0 saturated heterocycles. The minimum Gasteiger partial charge on any atom is -0.382 e. The van der Waals surface area contributed by atoms with Gasteiger partial charge in [0.1, 0.15) is 29.5 Å². The predicted molar refractivity (Wildman–Crippen MR) is 111 cm³/mol. The average molecular weight is 463 g/mol. The van der Waals surface area contributed by atoms with Gasteiger partial charge in [-0.05, 0) is 18.1 Å². The molecule has 12 heteroatoms. The molecule has 0 spiro atoms. The Morgan fingerprint density at radius 1 is 1.06 bits per heavy atom. The molecule has 0 aliphatic rings. The number of fused-ring (bicyclic) bond motifs is 1. The van der Waals surface area contributed by atoms with Crippen LogP contribution in [0.15, 0.2) is 42.9 Å². The van der Waals surface area contributed by atoms with E-state index in [0.717, 1.165) is 28.9 Å². The monoisotopic (exact) mass is 463 g/mol. The first-order valence-corrected chi connectivity index (χ1v) is 9.80. The van der Waals surface area contributed by atoms with E-state index >= 15 is 0 Å². The van der Waals surface area contributed by atoms with Crippen LogP contribution in [0.3, 0.4) is 0 Å². The van der Waals surface area contributed by atoms with Crippen LogP contribution in [0.2, 0.25) is 0 Å². The van der Waals surface area contributed by atoms with Crippen molar-refractivity contribution in [2.45, 2.75) is 26.1 Å². The quantitative estimate of drug-likeness (QED) is 0.410. The molecule has 0 unspecified atom stereocenters. The maximum atomic E-state index is 14.4. The minimum atomic E-state index is -4.65. The third-order valence-electron chi connectivity index (χ3n) is 4.99. The van der Waals surface area contributed by atoms with Crippen LogP contribution in [-0.4, -0.2) is 24.6 Å². The highest BCUT2D eigenvalue weighted by Crippen LogP contribution is 2.34. The molecule has 0 bridgehead atoms. The molecule has 33 heavy (non-hydrogen) atoms. The molecule has 7 nitrogen and oxygen atoms in total. The summed E-state index contributed by atoms with van der Waals surface area (Å²) in [5.41, 5.74) is 5.23. The molecule has 0 aliphatic carbocycles. The van der Waals surface area contributed by atoms with E-state index in [1.807, 2.05) is 13.8 Å². The van der Waals surface area contributed by atoms with Crippen LogP contribution in [-0.2, 0) is 6.18 Å². The molecule has 1 atom stereocenters. The fraction of sp³-hybridized carbons (Fsp3) is 0.238. The van der Waals surface area contributed by atoms with E-state index in [4.69, 9.17) is 5.73 Å². The molecule has 0 saturated carbocycles. The van der Waals surface area contributed by atoms with E-state index in [0.29, 0.717) is 0 Å². The zero-order valence-corrected chi connectivity index (χ0v) is 17.4. The molecule has 4 aromatic rings. The van der Waals surface area contributed by atoms with E-state index < -0.39 is 29.5 Å². The summed E-state index contributed by atoms with van der Waals surface area (Å²) in [6, 6.07) is 4.96. The summed E-state index contributed by atoms with van der Waals surface area (Å²) in [7, 11) is 0. The highest BCUT2D eigenvalue weighted by molar-refractivity contribution is 5.85. The summed E-state index contributed by atoms with van der Waals surface area (Å²) in [6.45, 7) is 3.68. The summed E-state index contributed by atoms with van der Waals surface area (Å²) in [5.74, 6) is -1.35. The van der Waals surface area contributed by atoms with Crippen LogP contribution in [0.4, 0.5) is 33.6 Å². The Morgan fingerprint density at radius 3 is 2.48 bits per heavy atom. The van der Waals surface area contributed by atoms with Crippen molar-refractivity contribution in [3.05, 3.63) is 65.7 Å². The molecule has 4 rings (SSSR count). The predicted octanol–water partition coefficient (Wildman–Crippen LogP) is 4.87. The summed E-state index contributed by atoms with van der Waals surface area (Å²) in [6.07, 6.45) is -2.36. The third kappa shape index (κ3) is 4.41. The second-order valence-corrected chi connectivity index (χ2v) is 7.66. The summed E-state index contributed by atoms with van der Waals surface area (Å²) >= 11 is 0. The topological polar surface area (TPSA) is 94.0 Å². The van der Waals surface area contributed by atoms with Gasteiger partial charge in [0.25, 0.3) is 0 Å². The summed E-state index contributed by atoms with van der Waals surface area (Å²) in [4.78, 5) is 11.9. The Bertz CT molecular complexity index is 1320. The summed E-state index contributed by atoms with van der Waals surface area (Å²) in [5, 5.41) is 7.08. The van der Waals surface area contributed by atoms with Crippen molar-refractivity contribution in [3.8, 4) is 11.3 Å². The maximum absolute atomic E-state index is 14.4. The van der Waals surface area contributed by atoms with Gasteiger partial charge in [-0.2, -0.15) is 13.2 Å². The van der Waals surface area contributed by atoms with Crippen molar-refractivity contribution >= 4 is 17.3 Å². The maximum Gasteiger partial charge on any atom is 0.433 e. The van der Waals surface area contributed by atoms with E-state index in [1.165, 1.54) is 18.5 Å². The van der Waals surface area contributed by atoms with E-state index in [-0.39, 0.29) is 40.0 Å². The van der Waals surface area contributed by atoms with E-state index in [1.54, 1.807) is 0 Å². The molecular formula is C21H18F5N7. The second kappa shape index (κ2) is 8.26. The van der Waals surface area contributed by atoms with Crippen molar-refractivity contribution in [2.24, 2.45) is 5.92 Å². The highest BCUT2D eigenvalue weighted by Gasteiger charge is 2.33. The molecule has 1 aromatic carbocycles.